The molecule has 0 atom stereocenters. The molecule has 0 aliphatic carbocycles. The first-order valence-corrected chi connectivity index (χ1v) is 8.56. The van der Waals surface area contributed by atoms with E-state index in [2.05, 4.69) is 69.0 Å². The van der Waals surface area contributed by atoms with Crippen molar-refractivity contribution in [2.75, 3.05) is 26.7 Å². The Bertz CT molecular complexity index is 425. The second-order valence-corrected chi connectivity index (χ2v) is 6.83. The summed E-state index contributed by atoms with van der Waals surface area (Å²) in [5, 5.41) is 3.48. The number of halogens is 2. The lowest BCUT2D eigenvalue weighted by molar-refractivity contribution is 0.272. The highest BCUT2D eigenvalue weighted by Crippen LogP contribution is 2.32. The van der Waals surface area contributed by atoms with Crippen LogP contribution in [0.2, 0.25) is 0 Å². The minimum atomic E-state index is 0.579. The van der Waals surface area contributed by atoms with Gasteiger partial charge in [-0.15, -0.1) is 0 Å². The first kappa shape index (κ1) is 18.0. The largest absolute Gasteiger partial charge is 0.492 e. The second-order valence-electron chi connectivity index (χ2n) is 5.06. The van der Waals surface area contributed by atoms with Crippen LogP contribution in [0.25, 0.3) is 0 Å². The number of likely N-dealkylation sites (N-methyl/N-ethyl adjacent to an activating group) is 1. The molecule has 5 heteroatoms. The molecule has 1 aromatic rings. The van der Waals surface area contributed by atoms with Gasteiger partial charge in [-0.3, -0.25) is 0 Å². The van der Waals surface area contributed by atoms with Crippen molar-refractivity contribution in [1.29, 1.82) is 0 Å². The highest BCUT2D eigenvalue weighted by molar-refractivity contribution is 9.11. The molecule has 20 heavy (non-hydrogen) atoms. The van der Waals surface area contributed by atoms with E-state index in [9.17, 15) is 0 Å². The second kappa shape index (κ2) is 9.03. The predicted molar refractivity (Wildman–Crippen MR) is 92.5 cm³/mol. The van der Waals surface area contributed by atoms with Gasteiger partial charge >= 0.3 is 0 Å². The molecule has 0 spiro atoms. The van der Waals surface area contributed by atoms with Crippen LogP contribution in [0.3, 0.4) is 0 Å². The third-order valence-corrected chi connectivity index (χ3v) is 4.26. The summed E-state index contributed by atoms with van der Waals surface area (Å²) in [5.41, 5.74) is 1.17. The van der Waals surface area contributed by atoms with E-state index in [4.69, 9.17) is 4.74 Å². The number of benzene rings is 1. The lowest BCUT2D eigenvalue weighted by Gasteiger charge is -2.21. The molecule has 0 radical (unpaired) electrons. The normalized spacial score (nSPS) is 11.4. The van der Waals surface area contributed by atoms with Crippen molar-refractivity contribution in [3.05, 3.63) is 26.6 Å². The van der Waals surface area contributed by atoms with Crippen molar-refractivity contribution in [3.8, 4) is 5.75 Å². The Morgan fingerprint density at radius 3 is 2.60 bits per heavy atom. The Kier molecular flexibility index (Phi) is 8.10. The maximum atomic E-state index is 5.72. The topological polar surface area (TPSA) is 24.5 Å². The van der Waals surface area contributed by atoms with Gasteiger partial charge in [0.05, 0.1) is 11.1 Å². The van der Waals surface area contributed by atoms with E-state index in [1.807, 2.05) is 13.0 Å². The monoisotopic (exact) mass is 406 g/mol. The first-order chi connectivity index (χ1) is 9.45. The van der Waals surface area contributed by atoms with E-state index in [1.165, 1.54) is 5.56 Å². The van der Waals surface area contributed by atoms with Crippen molar-refractivity contribution < 1.29 is 4.74 Å². The van der Waals surface area contributed by atoms with Crippen LogP contribution >= 0.6 is 31.9 Å². The van der Waals surface area contributed by atoms with Gasteiger partial charge in [-0.1, -0.05) is 15.9 Å². The lowest BCUT2D eigenvalue weighted by atomic mass is 10.2. The van der Waals surface area contributed by atoms with Gasteiger partial charge in [-0.25, -0.2) is 0 Å². The fourth-order valence-corrected chi connectivity index (χ4v) is 3.22. The SMILES string of the molecule is CCOc1c(Br)cc(Br)cc1CNCCN(C)C(C)C. The Morgan fingerprint density at radius 2 is 2.00 bits per heavy atom. The summed E-state index contributed by atoms with van der Waals surface area (Å²) in [7, 11) is 2.15. The van der Waals surface area contributed by atoms with Gasteiger partial charge < -0.3 is 15.0 Å². The zero-order valence-corrected chi connectivity index (χ0v) is 15.8. The highest BCUT2D eigenvalue weighted by atomic mass is 79.9. The number of nitrogens with one attached hydrogen (secondary N) is 1. The lowest BCUT2D eigenvalue weighted by Crippen LogP contribution is -2.33. The van der Waals surface area contributed by atoms with E-state index >= 15 is 0 Å². The summed E-state index contributed by atoms with van der Waals surface area (Å²) >= 11 is 7.09. The quantitative estimate of drug-likeness (QED) is 0.658. The summed E-state index contributed by atoms with van der Waals surface area (Å²) in [6.07, 6.45) is 0. The Morgan fingerprint density at radius 1 is 1.30 bits per heavy atom. The van der Waals surface area contributed by atoms with Crippen LogP contribution in [0.4, 0.5) is 0 Å². The zero-order valence-electron chi connectivity index (χ0n) is 12.7. The summed E-state index contributed by atoms with van der Waals surface area (Å²) in [6.45, 7) is 9.89. The molecule has 0 amide bonds. The highest BCUT2D eigenvalue weighted by Gasteiger charge is 2.10. The van der Waals surface area contributed by atoms with E-state index in [-0.39, 0.29) is 0 Å². The van der Waals surface area contributed by atoms with Crippen molar-refractivity contribution in [3.63, 3.8) is 0 Å². The molecular formula is C15H24Br2N2O. The molecule has 0 aromatic heterocycles. The third-order valence-electron chi connectivity index (χ3n) is 3.21. The fourth-order valence-electron chi connectivity index (χ4n) is 1.79. The summed E-state index contributed by atoms with van der Waals surface area (Å²) < 4.78 is 7.77. The molecule has 0 saturated carbocycles. The van der Waals surface area contributed by atoms with Crippen molar-refractivity contribution in [1.82, 2.24) is 10.2 Å². The van der Waals surface area contributed by atoms with Crippen LogP contribution < -0.4 is 10.1 Å². The Balaban J connectivity index is 2.58. The molecule has 0 saturated heterocycles. The molecule has 1 rings (SSSR count). The molecular weight excluding hydrogens is 384 g/mol. The average molecular weight is 408 g/mol. The maximum Gasteiger partial charge on any atom is 0.138 e. The molecule has 0 fully saturated rings. The molecule has 0 heterocycles. The van der Waals surface area contributed by atoms with Gasteiger partial charge in [0.1, 0.15) is 5.75 Å². The third kappa shape index (κ3) is 5.72. The van der Waals surface area contributed by atoms with E-state index in [0.29, 0.717) is 12.6 Å². The first-order valence-electron chi connectivity index (χ1n) is 6.97. The number of ether oxygens (including phenoxy) is 1. The zero-order chi connectivity index (χ0) is 15.1. The predicted octanol–water partition coefficient (Wildman–Crippen LogP) is 4.04. The average Bonchev–Trinajstić information content (AvgIpc) is 2.37. The minimum absolute atomic E-state index is 0.579. The number of hydrogen-bond acceptors (Lipinski definition) is 3. The molecule has 1 N–H and O–H groups in total. The smallest absolute Gasteiger partial charge is 0.138 e. The van der Waals surface area contributed by atoms with Crippen LogP contribution in [-0.4, -0.2) is 37.7 Å². The minimum Gasteiger partial charge on any atom is -0.492 e. The molecule has 114 valence electrons. The molecule has 0 unspecified atom stereocenters. The molecule has 3 nitrogen and oxygen atoms in total. The van der Waals surface area contributed by atoms with Crippen molar-refractivity contribution >= 4 is 31.9 Å². The van der Waals surface area contributed by atoms with Gasteiger partial charge in [0.15, 0.2) is 0 Å². The van der Waals surface area contributed by atoms with Gasteiger partial charge in [0.25, 0.3) is 0 Å². The van der Waals surface area contributed by atoms with Crippen LogP contribution in [0.15, 0.2) is 21.1 Å². The summed E-state index contributed by atoms with van der Waals surface area (Å²) in [4.78, 5) is 2.33. The van der Waals surface area contributed by atoms with Gasteiger partial charge in [0.2, 0.25) is 0 Å². The number of rotatable bonds is 8. The number of hydrogen-bond donors (Lipinski definition) is 1. The Labute approximate surface area is 139 Å². The molecule has 0 bridgehead atoms. The summed E-state index contributed by atoms with van der Waals surface area (Å²) in [5.74, 6) is 0.931. The van der Waals surface area contributed by atoms with Crippen molar-refractivity contribution in [2.45, 2.75) is 33.4 Å². The Hall–Kier alpha value is -0.100. The fraction of sp³-hybridized carbons (Fsp3) is 0.600. The van der Waals surface area contributed by atoms with E-state index in [0.717, 1.165) is 34.3 Å². The van der Waals surface area contributed by atoms with Crippen LogP contribution in [-0.2, 0) is 6.54 Å². The van der Waals surface area contributed by atoms with Gasteiger partial charge in [0, 0.05) is 35.7 Å². The molecule has 0 aliphatic heterocycles. The maximum absolute atomic E-state index is 5.72. The van der Waals surface area contributed by atoms with E-state index < -0.39 is 0 Å². The molecule has 1 aromatic carbocycles. The van der Waals surface area contributed by atoms with Gasteiger partial charge in [-0.2, -0.15) is 0 Å². The van der Waals surface area contributed by atoms with Crippen LogP contribution in [0.5, 0.6) is 5.75 Å². The summed E-state index contributed by atoms with van der Waals surface area (Å²) in [6, 6.07) is 4.70. The van der Waals surface area contributed by atoms with Crippen molar-refractivity contribution in [2.24, 2.45) is 0 Å². The van der Waals surface area contributed by atoms with Crippen LogP contribution in [0.1, 0.15) is 26.3 Å². The van der Waals surface area contributed by atoms with E-state index in [1.54, 1.807) is 0 Å². The standard InChI is InChI=1S/C15H24Br2N2O/c1-5-20-15-12(8-13(16)9-14(15)17)10-18-6-7-19(4)11(2)3/h8-9,11,18H,5-7,10H2,1-4H3. The van der Waals surface area contributed by atoms with Crippen LogP contribution in [0, 0.1) is 0 Å². The van der Waals surface area contributed by atoms with Gasteiger partial charge in [-0.05, 0) is 55.9 Å². The number of nitrogens with zero attached hydrogens (tertiary/aromatic N) is 1. The molecule has 0 aliphatic rings.